The zero-order valence-corrected chi connectivity index (χ0v) is 21.1. The lowest BCUT2D eigenvalue weighted by Crippen LogP contribution is -1.97. The summed E-state index contributed by atoms with van der Waals surface area (Å²) < 4.78 is 18.8. The monoisotopic (exact) mass is 484 g/mol. The van der Waals surface area contributed by atoms with Crippen molar-refractivity contribution in [1.82, 2.24) is 0 Å². The van der Waals surface area contributed by atoms with Crippen molar-refractivity contribution in [2.45, 2.75) is 57.8 Å². The van der Waals surface area contributed by atoms with E-state index in [9.17, 15) is 9.18 Å². The van der Waals surface area contributed by atoms with Crippen molar-refractivity contribution in [1.29, 1.82) is 0 Å². The zero-order chi connectivity index (χ0) is 25.4. The lowest BCUT2D eigenvalue weighted by atomic mass is 10.0. The Bertz CT molecular complexity index is 1080. The molecule has 0 bridgehead atoms. The van der Waals surface area contributed by atoms with Crippen LogP contribution in [-0.2, 0) is 6.42 Å². The first-order chi connectivity index (χ1) is 17.6. The molecule has 3 aromatic rings. The Morgan fingerprint density at radius 1 is 0.722 bits per heavy atom. The van der Waals surface area contributed by atoms with Crippen molar-refractivity contribution in [2.75, 3.05) is 6.61 Å². The lowest BCUT2D eigenvalue weighted by Gasteiger charge is -2.07. The van der Waals surface area contributed by atoms with Gasteiger partial charge in [-0.3, -0.25) is 4.79 Å². The Balaban J connectivity index is 1.19. The zero-order valence-electron chi connectivity index (χ0n) is 21.1. The predicted molar refractivity (Wildman–Crippen MR) is 149 cm³/mol. The van der Waals surface area contributed by atoms with Crippen LogP contribution in [0, 0.1) is 5.82 Å². The second-order valence-electron chi connectivity index (χ2n) is 9.15. The van der Waals surface area contributed by atoms with Gasteiger partial charge in [-0.15, -0.1) is 0 Å². The average molecular weight is 485 g/mol. The summed E-state index contributed by atoms with van der Waals surface area (Å²) in [7, 11) is 0. The van der Waals surface area contributed by atoms with Crippen molar-refractivity contribution in [3.8, 4) is 5.75 Å². The average Bonchev–Trinajstić information content (AvgIpc) is 2.91. The first kappa shape index (κ1) is 27.1. The summed E-state index contributed by atoms with van der Waals surface area (Å²) in [5.74, 6) is 0.348. The third kappa shape index (κ3) is 10.0. The van der Waals surface area contributed by atoms with Gasteiger partial charge in [0, 0.05) is 5.56 Å². The van der Waals surface area contributed by atoms with E-state index >= 15 is 0 Å². The topological polar surface area (TPSA) is 26.3 Å². The Kier molecular flexibility index (Phi) is 11.7. The number of allylic oxidation sites excluding steroid dienone is 1. The first-order valence-corrected chi connectivity index (χ1v) is 13.1. The molecule has 36 heavy (non-hydrogen) atoms. The predicted octanol–water partition coefficient (Wildman–Crippen LogP) is 9.11. The van der Waals surface area contributed by atoms with E-state index in [0.29, 0.717) is 5.56 Å². The molecule has 0 atom stereocenters. The molecule has 2 nitrogen and oxygen atoms in total. The first-order valence-electron chi connectivity index (χ1n) is 13.1. The van der Waals surface area contributed by atoms with Gasteiger partial charge in [0.2, 0.25) is 0 Å². The molecule has 3 heteroatoms. The highest BCUT2D eigenvalue weighted by molar-refractivity contribution is 6.06. The molecule has 0 saturated heterocycles. The van der Waals surface area contributed by atoms with Crippen LogP contribution in [-0.4, -0.2) is 12.4 Å². The number of carbonyl (C=O) groups is 1. The molecule has 0 radical (unpaired) electrons. The van der Waals surface area contributed by atoms with Gasteiger partial charge in [0.05, 0.1) is 6.61 Å². The van der Waals surface area contributed by atoms with Crippen LogP contribution in [0.25, 0.3) is 12.2 Å². The molecule has 0 fully saturated rings. The normalized spacial score (nSPS) is 11.0. The number of ether oxygens (including phenoxy) is 1. The number of ketones is 1. The summed E-state index contributed by atoms with van der Waals surface area (Å²) in [6.45, 7) is 4.52. The van der Waals surface area contributed by atoms with Gasteiger partial charge in [0.15, 0.2) is 5.78 Å². The van der Waals surface area contributed by atoms with Crippen LogP contribution in [0.15, 0.2) is 85.5 Å². The van der Waals surface area contributed by atoms with E-state index in [1.54, 1.807) is 6.08 Å². The summed E-state index contributed by atoms with van der Waals surface area (Å²) in [6, 6.07) is 22.0. The van der Waals surface area contributed by atoms with Gasteiger partial charge in [0.25, 0.3) is 0 Å². The maximum absolute atomic E-state index is 13.0. The fourth-order valence-corrected chi connectivity index (χ4v) is 4.06. The lowest BCUT2D eigenvalue weighted by molar-refractivity contribution is 0.104. The summed E-state index contributed by atoms with van der Waals surface area (Å²) in [5, 5.41) is 0. The number of halogens is 1. The fourth-order valence-electron chi connectivity index (χ4n) is 4.06. The number of unbranched alkanes of at least 4 members (excludes halogenated alkanes) is 7. The summed E-state index contributed by atoms with van der Waals surface area (Å²) in [4.78, 5) is 12.1. The molecule has 0 aromatic heterocycles. The van der Waals surface area contributed by atoms with Crippen molar-refractivity contribution < 1.29 is 13.9 Å². The Hall–Kier alpha value is -3.46. The maximum Gasteiger partial charge on any atom is 0.185 e. The minimum absolute atomic E-state index is 0.148. The van der Waals surface area contributed by atoms with Crippen molar-refractivity contribution in [3.63, 3.8) is 0 Å². The van der Waals surface area contributed by atoms with Gasteiger partial charge in [-0.25, -0.2) is 4.39 Å². The largest absolute Gasteiger partial charge is 0.494 e. The Morgan fingerprint density at radius 3 is 1.94 bits per heavy atom. The smallest absolute Gasteiger partial charge is 0.185 e. The van der Waals surface area contributed by atoms with Crippen LogP contribution in [0.4, 0.5) is 4.39 Å². The van der Waals surface area contributed by atoms with E-state index in [2.05, 4.69) is 30.8 Å². The van der Waals surface area contributed by atoms with Crippen molar-refractivity contribution >= 4 is 17.9 Å². The molecule has 0 aliphatic rings. The summed E-state index contributed by atoms with van der Waals surface area (Å²) >= 11 is 0. The van der Waals surface area contributed by atoms with Crippen LogP contribution in [0.2, 0.25) is 0 Å². The van der Waals surface area contributed by atoms with Crippen LogP contribution in [0.3, 0.4) is 0 Å². The number of carbonyl (C=O) groups excluding carboxylic acids is 1. The van der Waals surface area contributed by atoms with Gasteiger partial charge in [-0.1, -0.05) is 93.7 Å². The highest BCUT2D eigenvalue weighted by atomic mass is 19.1. The quantitative estimate of drug-likeness (QED) is 0.115. The molecule has 0 aliphatic carbocycles. The molecule has 3 aromatic carbocycles. The van der Waals surface area contributed by atoms with E-state index in [4.69, 9.17) is 4.74 Å². The van der Waals surface area contributed by atoms with Gasteiger partial charge >= 0.3 is 0 Å². The molecule has 3 rings (SSSR count). The van der Waals surface area contributed by atoms with Gasteiger partial charge < -0.3 is 4.74 Å². The second-order valence-corrected chi connectivity index (χ2v) is 9.15. The van der Waals surface area contributed by atoms with Gasteiger partial charge in [0.1, 0.15) is 11.6 Å². The fraction of sp³-hybridized carbons (Fsp3) is 0.303. The van der Waals surface area contributed by atoms with E-state index in [0.717, 1.165) is 24.3 Å². The number of benzene rings is 3. The summed E-state index contributed by atoms with van der Waals surface area (Å²) in [5.41, 5.74) is 4.00. The van der Waals surface area contributed by atoms with Gasteiger partial charge in [-0.05, 0) is 78.4 Å². The van der Waals surface area contributed by atoms with E-state index in [1.807, 2.05) is 30.3 Å². The minimum atomic E-state index is -0.348. The molecular formula is C33H37FO2. The highest BCUT2D eigenvalue weighted by Crippen LogP contribution is 2.16. The minimum Gasteiger partial charge on any atom is -0.494 e. The molecule has 0 N–H and O–H groups in total. The van der Waals surface area contributed by atoms with Crippen LogP contribution >= 0.6 is 0 Å². The van der Waals surface area contributed by atoms with Crippen molar-refractivity contribution in [3.05, 3.63) is 114 Å². The number of hydrogen-bond acceptors (Lipinski definition) is 2. The second kappa shape index (κ2) is 15.5. The molecule has 0 unspecified atom stereocenters. The Morgan fingerprint density at radius 2 is 1.31 bits per heavy atom. The summed E-state index contributed by atoms with van der Waals surface area (Å²) in [6.07, 6.45) is 16.3. The van der Waals surface area contributed by atoms with Gasteiger partial charge in [-0.2, -0.15) is 0 Å². The molecule has 0 saturated carbocycles. The number of aryl methyl sites for hydroxylation is 1. The molecule has 188 valence electrons. The van der Waals surface area contributed by atoms with E-state index < -0.39 is 0 Å². The van der Waals surface area contributed by atoms with Crippen molar-refractivity contribution in [2.24, 2.45) is 0 Å². The highest BCUT2D eigenvalue weighted by Gasteiger charge is 2.02. The maximum atomic E-state index is 13.0. The molecule has 0 spiro atoms. The standard InChI is InChI=1S/C33H37FO2/c1-2-27-12-14-28(15-13-27)11-9-7-5-3-4-6-8-10-26-36-32-23-16-29(17-24-32)18-25-33(35)30-19-21-31(34)22-20-30/h2,12-25H,1,3-11,26H2/b25-18+. The SMILES string of the molecule is C=Cc1ccc(CCCCCCCCCCOc2ccc(/C=C/C(=O)c3ccc(F)cc3)cc2)cc1. The third-order valence-corrected chi connectivity index (χ3v) is 6.28. The molecular weight excluding hydrogens is 447 g/mol. The van der Waals surface area contributed by atoms with E-state index in [1.165, 1.54) is 92.8 Å². The third-order valence-electron chi connectivity index (χ3n) is 6.28. The van der Waals surface area contributed by atoms with Crippen LogP contribution in [0.5, 0.6) is 5.75 Å². The van der Waals surface area contributed by atoms with Crippen LogP contribution < -0.4 is 4.74 Å². The molecule has 0 heterocycles. The Labute approximate surface area is 215 Å². The van der Waals surface area contributed by atoms with Crippen LogP contribution in [0.1, 0.15) is 78.4 Å². The molecule has 0 aliphatic heterocycles. The number of hydrogen-bond donors (Lipinski definition) is 0. The molecule has 0 amide bonds. The number of rotatable bonds is 16. The van der Waals surface area contributed by atoms with E-state index in [-0.39, 0.29) is 11.6 Å².